The van der Waals surface area contributed by atoms with Gasteiger partial charge in [0, 0.05) is 0 Å². The molecule has 1 aliphatic rings. The van der Waals surface area contributed by atoms with E-state index in [2.05, 4.69) is 11.8 Å². The van der Waals surface area contributed by atoms with Gasteiger partial charge in [-0.15, -0.1) is 0 Å². The summed E-state index contributed by atoms with van der Waals surface area (Å²) < 4.78 is 5.32. The molecule has 1 saturated heterocycles. The smallest absolute Gasteiger partial charge is 0.303 e. The van der Waals surface area contributed by atoms with Crippen LogP contribution in [0.5, 0.6) is 0 Å². The van der Waals surface area contributed by atoms with Crippen LogP contribution in [0, 0.1) is 5.41 Å². The average molecular weight is 237 g/mol. The predicted molar refractivity (Wildman–Crippen MR) is 63.6 cm³/mol. The largest absolute Gasteiger partial charge is 0.481 e. The van der Waals surface area contributed by atoms with Crippen LogP contribution in [0.3, 0.4) is 0 Å². The first-order valence-corrected chi connectivity index (χ1v) is 6.04. The lowest BCUT2D eigenvalue weighted by atomic mass is 9.77. The minimum atomic E-state index is -0.688. The van der Waals surface area contributed by atoms with Crippen LogP contribution in [-0.2, 0) is 11.3 Å². The first-order valence-electron chi connectivity index (χ1n) is 6.04. The van der Waals surface area contributed by atoms with Crippen molar-refractivity contribution in [1.29, 1.82) is 0 Å². The molecule has 0 unspecified atom stereocenters. The maximum Gasteiger partial charge on any atom is 0.303 e. The summed E-state index contributed by atoms with van der Waals surface area (Å²) in [5, 5.41) is 8.88. The molecule has 0 atom stereocenters. The Morgan fingerprint density at radius 2 is 2.24 bits per heavy atom. The SMILES string of the molecule is CC1(CC(=O)O)CCN(Cc2ccco2)CC1. The highest BCUT2D eigenvalue weighted by molar-refractivity contribution is 5.67. The number of nitrogens with zero attached hydrogens (tertiary/aromatic N) is 1. The highest BCUT2D eigenvalue weighted by Gasteiger charge is 2.32. The molecule has 1 aromatic rings. The molecule has 94 valence electrons. The second-order valence-electron chi connectivity index (χ2n) is 5.24. The van der Waals surface area contributed by atoms with Gasteiger partial charge in [-0.2, -0.15) is 0 Å². The summed E-state index contributed by atoms with van der Waals surface area (Å²) in [5.41, 5.74) is -0.0362. The van der Waals surface area contributed by atoms with Gasteiger partial charge in [0.05, 0.1) is 19.2 Å². The summed E-state index contributed by atoms with van der Waals surface area (Å²) in [5.74, 6) is 0.291. The Kier molecular flexibility index (Phi) is 3.52. The van der Waals surface area contributed by atoms with Crippen LogP contribution in [-0.4, -0.2) is 29.1 Å². The number of rotatable bonds is 4. The van der Waals surface area contributed by atoms with Gasteiger partial charge in [-0.25, -0.2) is 0 Å². The van der Waals surface area contributed by atoms with E-state index in [-0.39, 0.29) is 11.8 Å². The van der Waals surface area contributed by atoms with Crippen molar-refractivity contribution in [3.05, 3.63) is 24.2 Å². The van der Waals surface area contributed by atoms with Crippen molar-refractivity contribution < 1.29 is 14.3 Å². The third kappa shape index (κ3) is 3.33. The number of carboxylic acid groups (broad SMARTS) is 1. The Morgan fingerprint density at radius 3 is 2.76 bits per heavy atom. The Labute approximate surface area is 101 Å². The lowest BCUT2D eigenvalue weighted by Gasteiger charge is -2.38. The molecular formula is C13H19NO3. The van der Waals surface area contributed by atoms with E-state index in [0.717, 1.165) is 38.2 Å². The van der Waals surface area contributed by atoms with E-state index >= 15 is 0 Å². The highest BCUT2D eigenvalue weighted by Crippen LogP contribution is 2.34. The second kappa shape index (κ2) is 4.92. The van der Waals surface area contributed by atoms with Crippen molar-refractivity contribution in [3.8, 4) is 0 Å². The molecule has 0 radical (unpaired) electrons. The molecule has 0 spiro atoms. The molecule has 4 heteroatoms. The standard InChI is InChI=1S/C13H19NO3/c1-13(9-12(15)16)4-6-14(7-5-13)10-11-3-2-8-17-11/h2-3,8H,4-7,9-10H2,1H3,(H,15,16). The summed E-state index contributed by atoms with van der Waals surface area (Å²) in [6.45, 7) is 4.80. The summed E-state index contributed by atoms with van der Waals surface area (Å²) in [6.07, 6.45) is 3.86. The summed E-state index contributed by atoms with van der Waals surface area (Å²) >= 11 is 0. The maximum absolute atomic E-state index is 10.8. The molecule has 0 aliphatic carbocycles. The van der Waals surface area contributed by atoms with Crippen LogP contribution in [0.1, 0.15) is 31.9 Å². The molecule has 2 rings (SSSR count). The quantitative estimate of drug-likeness (QED) is 0.873. The molecule has 1 aromatic heterocycles. The second-order valence-corrected chi connectivity index (χ2v) is 5.24. The zero-order valence-electron chi connectivity index (χ0n) is 10.2. The molecule has 0 aromatic carbocycles. The van der Waals surface area contributed by atoms with E-state index in [1.807, 2.05) is 12.1 Å². The van der Waals surface area contributed by atoms with Crippen molar-refractivity contribution in [2.24, 2.45) is 5.41 Å². The van der Waals surface area contributed by atoms with Crippen molar-refractivity contribution in [2.75, 3.05) is 13.1 Å². The van der Waals surface area contributed by atoms with Gasteiger partial charge in [-0.3, -0.25) is 9.69 Å². The van der Waals surface area contributed by atoms with Crippen molar-refractivity contribution in [2.45, 2.75) is 32.7 Å². The fraction of sp³-hybridized carbons (Fsp3) is 0.615. The van der Waals surface area contributed by atoms with Crippen LogP contribution in [0.25, 0.3) is 0 Å². The summed E-state index contributed by atoms with van der Waals surface area (Å²) in [7, 11) is 0. The Balaban J connectivity index is 1.83. The normalized spacial score (nSPS) is 20.3. The zero-order valence-corrected chi connectivity index (χ0v) is 10.2. The van der Waals surface area contributed by atoms with E-state index in [0.29, 0.717) is 0 Å². The van der Waals surface area contributed by atoms with E-state index in [1.54, 1.807) is 6.26 Å². The van der Waals surface area contributed by atoms with Crippen LogP contribution in [0.4, 0.5) is 0 Å². The topological polar surface area (TPSA) is 53.7 Å². The van der Waals surface area contributed by atoms with Crippen LogP contribution < -0.4 is 0 Å². The fourth-order valence-electron chi connectivity index (χ4n) is 2.42. The number of piperidine rings is 1. The fourth-order valence-corrected chi connectivity index (χ4v) is 2.42. The van der Waals surface area contributed by atoms with Gasteiger partial charge in [0.2, 0.25) is 0 Å². The van der Waals surface area contributed by atoms with E-state index in [9.17, 15) is 4.79 Å². The van der Waals surface area contributed by atoms with Crippen LogP contribution >= 0.6 is 0 Å². The minimum absolute atomic E-state index is 0.0362. The zero-order chi connectivity index (χ0) is 12.3. The third-order valence-electron chi connectivity index (χ3n) is 3.60. The molecule has 0 amide bonds. The lowest BCUT2D eigenvalue weighted by Crippen LogP contribution is -2.39. The average Bonchev–Trinajstić information content (AvgIpc) is 2.73. The minimum Gasteiger partial charge on any atom is -0.481 e. The van der Waals surface area contributed by atoms with Crippen molar-refractivity contribution in [3.63, 3.8) is 0 Å². The monoisotopic (exact) mass is 237 g/mol. The molecule has 1 fully saturated rings. The van der Waals surface area contributed by atoms with Gasteiger partial charge in [-0.1, -0.05) is 6.92 Å². The highest BCUT2D eigenvalue weighted by atomic mass is 16.4. The molecular weight excluding hydrogens is 218 g/mol. The molecule has 17 heavy (non-hydrogen) atoms. The van der Waals surface area contributed by atoms with Gasteiger partial charge in [0.25, 0.3) is 0 Å². The maximum atomic E-state index is 10.8. The third-order valence-corrected chi connectivity index (χ3v) is 3.60. The molecule has 1 N–H and O–H groups in total. The number of aliphatic carboxylic acids is 1. The van der Waals surface area contributed by atoms with Crippen molar-refractivity contribution >= 4 is 5.97 Å². The predicted octanol–water partition coefficient (Wildman–Crippen LogP) is 2.36. The van der Waals surface area contributed by atoms with Gasteiger partial charge >= 0.3 is 5.97 Å². The molecule has 0 saturated carbocycles. The van der Waals surface area contributed by atoms with Gasteiger partial charge < -0.3 is 9.52 Å². The number of hydrogen-bond acceptors (Lipinski definition) is 3. The van der Waals surface area contributed by atoms with Crippen molar-refractivity contribution in [1.82, 2.24) is 4.90 Å². The number of furan rings is 1. The lowest BCUT2D eigenvalue weighted by molar-refractivity contribution is -0.140. The van der Waals surface area contributed by atoms with Gasteiger partial charge in [0.15, 0.2) is 0 Å². The van der Waals surface area contributed by atoms with E-state index in [4.69, 9.17) is 9.52 Å². The number of carbonyl (C=O) groups is 1. The molecule has 4 nitrogen and oxygen atoms in total. The number of carboxylic acids is 1. The Hall–Kier alpha value is -1.29. The number of likely N-dealkylation sites (tertiary alicyclic amines) is 1. The van der Waals surface area contributed by atoms with E-state index in [1.165, 1.54) is 0 Å². The van der Waals surface area contributed by atoms with Gasteiger partial charge in [0.1, 0.15) is 5.76 Å². The molecule has 1 aliphatic heterocycles. The molecule has 2 heterocycles. The summed E-state index contributed by atoms with van der Waals surface area (Å²) in [4.78, 5) is 13.1. The molecule has 0 bridgehead atoms. The summed E-state index contributed by atoms with van der Waals surface area (Å²) in [6, 6.07) is 3.87. The van der Waals surface area contributed by atoms with E-state index < -0.39 is 5.97 Å². The Morgan fingerprint density at radius 1 is 1.53 bits per heavy atom. The Bertz CT molecular complexity index is 364. The van der Waals surface area contributed by atoms with Gasteiger partial charge in [-0.05, 0) is 43.5 Å². The van der Waals surface area contributed by atoms with Crippen LogP contribution in [0.2, 0.25) is 0 Å². The van der Waals surface area contributed by atoms with Crippen LogP contribution in [0.15, 0.2) is 22.8 Å². The number of hydrogen-bond donors (Lipinski definition) is 1. The first kappa shape index (κ1) is 12.2. The first-order chi connectivity index (χ1) is 8.07.